The lowest BCUT2D eigenvalue weighted by Gasteiger charge is -2.22. The van der Waals surface area contributed by atoms with Crippen LogP contribution in [-0.4, -0.2) is 64.2 Å². The van der Waals surface area contributed by atoms with Gasteiger partial charge in [0, 0.05) is 56.4 Å². The predicted octanol–water partition coefficient (Wildman–Crippen LogP) is 2.04. The Hall–Kier alpha value is -3.00. The van der Waals surface area contributed by atoms with E-state index in [1.54, 1.807) is 14.1 Å². The average Bonchev–Trinajstić information content (AvgIpc) is 3.36. The number of fused-ring (bicyclic) bond motifs is 1. The van der Waals surface area contributed by atoms with Gasteiger partial charge in [0.1, 0.15) is 5.82 Å². The number of carbonyl (C=O) groups is 1. The molecule has 152 valence electrons. The molecular formula is C21H27N7O. The van der Waals surface area contributed by atoms with E-state index in [1.807, 2.05) is 20.0 Å². The van der Waals surface area contributed by atoms with Gasteiger partial charge in [-0.25, -0.2) is 9.97 Å². The predicted molar refractivity (Wildman–Crippen MR) is 113 cm³/mol. The van der Waals surface area contributed by atoms with Crippen molar-refractivity contribution in [3.05, 3.63) is 47.0 Å². The molecule has 0 saturated carbocycles. The first-order valence-electron chi connectivity index (χ1n) is 9.89. The maximum Gasteiger partial charge on any atom is 0.291 e. The Balaban J connectivity index is 1.44. The molecule has 1 aromatic carbocycles. The summed E-state index contributed by atoms with van der Waals surface area (Å²) in [6, 6.07) is 6.73. The number of anilines is 1. The number of aromatic nitrogens is 4. The Bertz CT molecular complexity index is 1040. The molecule has 0 spiro atoms. The van der Waals surface area contributed by atoms with E-state index in [4.69, 9.17) is 0 Å². The Morgan fingerprint density at radius 1 is 1.31 bits per heavy atom. The van der Waals surface area contributed by atoms with Gasteiger partial charge in [-0.1, -0.05) is 12.1 Å². The number of benzene rings is 1. The number of nitrogens with zero attached hydrogens (tertiary/aromatic N) is 5. The summed E-state index contributed by atoms with van der Waals surface area (Å²) < 4.78 is 0. The second-order valence-corrected chi connectivity index (χ2v) is 7.88. The van der Waals surface area contributed by atoms with Crippen molar-refractivity contribution in [1.82, 2.24) is 30.4 Å². The molecular weight excluding hydrogens is 366 g/mol. The third-order valence-corrected chi connectivity index (χ3v) is 5.55. The highest BCUT2D eigenvalue weighted by Gasteiger charge is 2.26. The van der Waals surface area contributed by atoms with Crippen LogP contribution in [0.1, 0.15) is 33.9 Å². The molecule has 1 aliphatic rings. The zero-order valence-corrected chi connectivity index (χ0v) is 17.4. The van der Waals surface area contributed by atoms with Crippen molar-refractivity contribution in [3.63, 3.8) is 0 Å². The van der Waals surface area contributed by atoms with Gasteiger partial charge in [-0.15, -0.1) is 0 Å². The van der Waals surface area contributed by atoms with E-state index < -0.39 is 0 Å². The fourth-order valence-corrected chi connectivity index (χ4v) is 3.69. The normalized spacial score (nSPS) is 16.6. The van der Waals surface area contributed by atoms with E-state index in [1.165, 1.54) is 10.5 Å². The van der Waals surface area contributed by atoms with Crippen molar-refractivity contribution in [2.45, 2.75) is 32.9 Å². The number of hydrogen-bond donors (Lipinski definition) is 2. The molecule has 8 nitrogen and oxygen atoms in total. The van der Waals surface area contributed by atoms with Crippen LogP contribution in [0.5, 0.6) is 0 Å². The van der Waals surface area contributed by atoms with Gasteiger partial charge < -0.3 is 15.1 Å². The van der Waals surface area contributed by atoms with E-state index in [2.05, 4.69) is 48.6 Å². The molecule has 1 atom stereocenters. The molecule has 0 bridgehead atoms. The minimum absolute atomic E-state index is 0.169. The Morgan fingerprint density at radius 3 is 2.93 bits per heavy atom. The summed E-state index contributed by atoms with van der Waals surface area (Å²) in [5, 5.41) is 11.9. The first-order chi connectivity index (χ1) is 13.9. The second-order valence-electron chi connectivity index (χ2n) is 7.88. The van der Waals surface area contributed by atoms with Crippen LogP contribution in [0, 0.1) is 13.8 Å². The van der Waals surface area contributed by atoms with Crippen molar-refractivity contribution in [3.8, 4) is 0 Å². The van der Waals surface area contributed by atoms with Crippen LogP contribution in [0.25, 0.3) is 10.9 Å². The lowest BCUT2D eigenvalue weighted by Crippen LogP contribution is -2.33. The van der Waals surface area contributed by atoms with Gasteiger partial charge in [-0.3, -0.25) is 9.89 Å². The lowest BCUT2D eigenvalue weighted by atomic mass is 10.1. The highest BCUT2D eigenvalue weighted by Crippen LogP contribution is 2.24. The Kier molecular flexibility index (Phi) is 5.19. The molecule has 3 heterocycles. The van der Waals surface area contributed by atoms with Crippen molar-refractivity contribution in [2.24, 2.45) is 0 Å². The maximum absolute atomic E-state index is 12.3. The molecule has 1 fully saturated rings. The minimum Gasteiger partial charge on any atom is -0.355 e. The average molecular weight is 393 g/mol. The van der Waals surface area contributed by atoms with E-state index >= 15 is 0 Å². The highest BCUT2D eigenvalue weighted by atomic mass is 16.2. The van der Waals surface area contributed by atoms with Gasteiger partial charge in [0.05, 0.1) is 11.7 Å². The first-order valence-corrected chi connectivity index (χ1v) is 9.89. The number of H-pyrrole nitrogens is 1. The first kappa shape index (κ1) is 19.3. The molecule has 0 radical (unpaired) electrons. The van der Waals surface area contributed by atoms with Crippen molar-refractivity contribution in [1.29, 1.82) is 0 Å². The van der Waals surface area contributed by atoms with Crippen LogP contribution >= 0.6 is 0 Å². The molecule has 3 aromatic rings. The Labute approximate surface area is 170 Å². The van der Waals surface area contributed by atoms with E-state index in [-0.39, 0.29) is 11.7 Å². The summed E-state index contributed by atoms with van der Waals surface area (Å²) in [7, 11) is 3.44. The quantitative estimate of drug-likeness (QED) is 0.689. The molecule has 2 N–H and O–H groups in total. The molecule has 1 saturated heterocycles. The van der Waals surface area contributed by atoms with Crippen molar-refractivity contribution >= 4 is 22.6 Å². The topological polar surface area (TPSA) is 90.0 Å². The lowest BCUT2D eigenvalue weighted by molar-refractivity contribution is 0.0815. The molecule has 1 aliphatic heterocycles. The number of aromatic amines is 1. The fourth-order valence-electron chi connectivity index (χ4n) is 3.69. The summed E-state index contributed by atoms with van der Waals surface area (Å²) in [5.74, 6) is 0.959. The number of rotatable bonds is 5. The molecule has 29 heavy (non-hydrogen) atoms. The Morgan fingerprint density at radius 2 is 2.14 bits per heavy atom. The molecule has 8 heteroatoms. The molecule has 0 unspecified atom stereocenters. The third-order valence-electron chi connectivity index (χ3n) is 5.55. The van der Waals surface area contributed by atoms with Gasteiger partial charge in [0.15, 0.2) is 0 Å². The number of carbonyl (C=O) groups excluding carboxylic acids is 1. The summed E-state index contributed by atoms with van der Waals surface area (Å²) in [4.78, 5) is 25.1. The fraction of sp³-hybridized carbons (Fsp3) is 0.429. The van der Waals surface area contributed by atoms with Gasteiger partial charge in [-0.05, 0) is 31.9 Å². The SMILES string of the molecule is Cc1nc(C(=O)N(C)C)nc(N2CC[C@@H](NCc3ccc4cn[nH]c4c3)C2)c1C. The van der Waals surface area contributed by atoms with E-state index in [0.29, 0.717) is 6.04 Å². The monoisotopic (exact) mass is 393 g/mol. The highest BCUT2D eigenvalue weighted by molar-refractivity contribution is 5.90. The van der Waals surface area contributed by atoms with Crippen LogP contribution in [-0.2, 0) is 6.54 Å². The van der Waals surface area contributed by atoms with Gasteiger partial charge in [-0.2, -0.15) is 5.10 Å². The molecule has 4 rings (SSSR count). The van der Waals surface area contributed by atoms with Gasteiger partial charge in [0.25, 0.3) is 5.91 Å². The van der Waals surface area contributed by atoms with E-state index in [9.17, 15) is 4.79 Å². The third kappa shape index (κ3) is 3.93. The summed E-state index contributed by atoms with van der Waals surface area (Å²) in [6.45, 7) is 6.53. The number of nitrogens with one attached hydrogen (secondary N) is 2. The summed E-state index contributed by atoms with van der Waals surface area (Å²) in [5.41, 5.74) is 4.17. The van der Waals surface area contributed by atoms with Gasteiger partial charge in [0.2, 0.25) is 5.82 Å². The smallest absolute Gasteiger partial charge is 0.291 e. The van der Waals surface area contributed by atoms with Gasteiger partial charge >= 0.3 is 0 Å². The largest absolute Gasteiger partial charge is 0.355 e. The van der Waals surface area contributed by atoms with Crippen LogP contribution in [0.15, 0.2) is 24.4 Å². The minimum atomic E-state index is -0.169. The zero-order chi connectivity index (χ0) is 20.5. The van der Waals surface area contributed by atoms with Crippen LogP contribution in [0.3, 0.4) is 0 Å². The summed E-state index contributed by atoms with van der Waals surface area (Å²) >= 11 is 0. The van der Waals surface area contributed by atoms with Crippen LogP contribution < -0.4 is 10.2 Å². The maximum atomic E-state index is 12.3. The van der Waals surface area contributed by atoms with Crippen LogP contribution in [0.2, 0.25) is 0 Å². The molecule has 1 amide bonds. The standard InChI is InChI=1S/C21H27N7O/c1-13-14(2)24-19(21(29)27(3)4)25-20(13)28-8-7-17(12-28)22-10-15-5-6-16-11-23-26-18(16)9-15/h5-6,9,11,17,22H,7-8,10,12H2,1-4H3,(H,23,26)/t17-/m1/s1. The van der Waals surface area contributed by atoms with Crippen molar-refractivity contribution < 1.29 is 4.79 Å². The summed E-state index contributed by atoms with van der Waals surface area (Å²) in [6.07, 6.45) is 2.87. The van der Waals surface area contributed by atoms with E-state index in [0.717, 1.165) is 54.0 Å². The van der Waals surface area contributed by atoms with Crippen molar-refractivity contribution in [2.75, 3.05) is 32.1 Å². The molecule has 2 aromatic heterocycles. The molecule has 0 aliphatic carbocycles. The number of aryl methyl sites for hydroxylation is 1. The zero-order valence-electron chi connectivity index (χ0n) is 17.4. The number of hydrogen-bond acceptors (Lipinski definition) is 6. The van der Waals surface area contributed by atoms with Crippen LogP contribution in [0.4, 0.5) is 5.82 Å². The number of amides is 1. The second kappa shape index (κ2) is 7.79.